The van der Waals surface area contributed by atoms with Crippen LogP contribution in [-0.4, -0.2) is 23.3 Å². The van der Waals surface area contributed by atoms with Crippen LogP contribution in [-0.2, 0) is 6.42 Å². The summed E-state index contributed by atoms with van der Waals surface area (Å²) < 4.78 is 0.928. The maximum atomic E-state index is 12.8. The average Bonchev–Trinajstić information content (AvgIpc) is 2.67. The number of benzene rings is 2. The Bertz CT molecular complexity index is 1050. The van der Waals surface area contributed by atoms with E-state index in [1.165, 1.54) is 0 Å². The Morgan fingerprint density at radius 3 is 2.46 bits per heavy atom. The molecule has 0 aliphatic carbocycles. The Kier molecular flexibility index (Phi) is 6.09. The zero-order chi connectivity index (χ0) is 20.3. The fourth-order valence-electron chi connectivity index (χ4n) is 3.11. The first-order valence-electron chi connectivity index (χ1n) is 9.11. The molecule has 0 aliphatic heterocycles. The molecule has 0 saturated heterocycles. The van der Waals surface area contributed by atoms with Gasteiger partial charge in [0.2, 0.25) is 0 Å². The number of para-hydroxylation sites is 1. The molecule has 5 nitrogen and oxygen atoms in total. The first-order chi connectivity index (χ1) is 13.4. The Balaban J connectivity index is 2.21. The first kappa shape index (κ1) is 20.0. The maximum absolute atomic E-state index is 12.8. The van der Waals surface area contributed by atoms with Crippen LogP contribution >= 0.6 is 15.9 Å². The van der Waals surface area contributed by atoms with E-state index in [-0.39, 0.29) is 23.1 Å². The highest BCUT2D eigenvalue weighted by molar-refractivity contribution is 9.10. The van der Waals surface area contributed by atoms with Crippen LogP contribution in [0.1, 0.15) is 45.8 Å². The molecule has 0 unspecified atom stereocenters. The Morgan fingerprint density at radius 1 is 1.11 bits per heavy atom. The minimum atomic E-state index is -0.657. The maximum Gasteiger partial charge on any atom is 0.270 e. The monoisotopic (exact) mass is 439 g/mol. The highest BCUT2D eigenvalue weighted by atomic mass is 79.9. The summed E-state index contributed by atoms with van der Waals surface area (Å²) in [6.07, 6.45) is 0.452. The topological polar surface area (TPSA) is 85.1 Å². The summed E-state index contributed by atoms with van der Waals surface area (Å²) in [5.74, 6) is -0.766. The van der Waals surface area contributed by atoms with Gasteiger partial charge < -0.3 is 11.1 Å². The molecule has 3 aromatic rings. The number of rotatable bonds is 6. The van der Waals surface area contributed by atoms with E-state index >= 15 is 0 Å². The van der Waals surface area contributed by atoms with E-state index < -0.39 is 5.91 Å². The highest BCUT2D eigenvalue weighted by Gasteiger charge is 2.24. The molecule has 0 spiro atoms. The summed E-state index contributed by atoms with van der Waals surface area (Å²) in [5, 5.41) is 3.65. The van der Waals surface area contributed by atoms with Gasteiger partial charge in [-0.1, -0.05) is 66.2 Å². The SMILES string of the molecule is CC(C)CNC(=O)c1nc2ccccc2c(Cc2ccccc2Br)c1C(N)=O. The van der Waals surface area contributed by atoms with Crippen LogP contribution in [0.3, 0.4) is 0 Å². The van der Waals surface area contributed by atoms with Crippen molar-refractivity contribution in [1.82, 2.24) is 10.3 Å². The number of nitrogens with two attached hydrogens (primary N) is 1. The number of pyridine rings is 1. The molecule has 3 rings (SSSR count). The summed E-state index contributed by atoms with van der Waals surface area (Å²) in [7, 11) is 0. The normalized spacial score (nSPS) is 11.0. The summed E-state index contributed by atoms with van der Waals surface area (Å²) in [4.78, 5) is 29.7. The Morgan fingerprint density at radius 2 is 1.79 bits per heavy atom. The highest BCUT2D eigenvalue weighted by Crippen LogP contribution is 2.28. The van der Waals surface area contributed by atoms with E-state index in [9.17, 15) is 9.59 Å². The van der Waals surface area contributed by atoms with Crippen molar-refractivity contribution >= 4 is 38.6 Å². The lowest BCUT2D eigenvalue weighted by atomic mass is 9.93. The van der Waals surface area contributed by atoms with E-state index in [4.69, 9.17) is 5.73 Å². The molecule has 2 amide bonds. The lowest BCUT2D eigenvalue weighted by molar-refractivity contribution is 0.0927. The fraction of sp³-hybridized carbons (Fsp3) is 0.227. The van der Waals surface area contributed by atoms with Gasteiger partial charge >= 0.3 is 0 Å². The average molecular weight is 440 g/mol. The summed E-state index contributed by atoms with van der Waals surface area (Å²) in [6, 6.07) is 15.3. The summed E-state index contributed by atoms with van der Waals surface area (Å²) in [6.45, 7) is 4.49. The van der Waals surface area contributed by atoms with Crippen molar-refractivity contribution in [1.29, 1.82) is 0 Å². The smallest absolute Gasteiger partial charge is 0.270 e. The number of hydrogen-bond donors (Lipinski definition) is 2. The van der Waals surface area contributed by atoms with E-state index in [1.807, 2.05) is 62.4 Å². The van der Waals surface area contributed by atoms with Gasteiger partial charge in [-0.2, -0.15) is 0 Å². The summed E-state index contributed by atoms with van der Waals surface area (Å²) >= 11 is 3.56. The number of amides is 2. The zero-order valence-electron chi connectivity index (χ0n) is 15.8. The van der Waals surface area contributed by atoms with E-state index in [0.29, 0.717) is 24.0 Å². The minimum Gasteiger partial charge on any atom is -0.366 e. The van der Waals surface area contributed by atoms with Gasteiger partial charge in [0.25, 0.3) is 11.8 Å². The second-order valence-electron chi connectivity index (χ2n) is 7.07. The van der Waals surface area contributed by atoms with Crippen LogP contribution in [0.5, 0.6) is 0 Å². The number of halogens is 1. The molecule has 2 aromatic carbocycles. The third kappa shape index (κ3) is 4.22. The molecule has 0 aliphatic rings. The number of nitrogens with zero attached hydrogens (tertiary/aromatic N) is 1. The Labute approximate surface area is 172 Å². The van der Waals surface area contributed by atoms with Crippen LogP contribution < -0.4 is 11.1 Å². The van der Waals surface area contributed by atoms with E-state index in [2.05, 4.69) is 26.2 Å². The third-order valence-electron chi connectivity index (χ3n) is 4.46. The van der Waals surface area contributed by atoms with Gasteiger partial charge in [0.1, 0.15) is 5.69 Å². The molecular weight excluding hydrogens is 418 g/mol. The first-order valence-corrected chi connectivity index (χ1v) is 9.90. The molecule has 0 bridgehead atoms. The van der Waals surface area contributed by atoms with Crippen molar-refractivity contribution in [2.24, 2.45) is 11.7 Å². The van der Waals surface area contributed by atoms with Gasteiger partial charge in [-0.05, 0) is 29.2 Å². The van der Waals surface area contributed by atoms with Crippen molar-refractivity contribution in [2.75, 3.05) is 6.54 Å². The molecule has 144 valence electrons. The van der Waals surface area contributed by atoms with Crippen LogP contribution in [0.25, 0.3) is 10.9 Å². The molecule has 1 aromatic heterocycles. The number of nitrogens with one attached hydrogen (secondary N) is 1. The molecule has 0 saturated carbocycles. The second kappa shape index (κ2) is 8.52. The molecule has 6 heteroatoms. The van der Waals surface area contributed by atoms with Crippen LogP contribution in [0.4, 0.5) is 0 Å². The van der Waals surface area contributed by atoms with Crippen molar-refractivity contribution in [3.63, 3.8) is 0 Å². The fourth-order valence-corrected chi connectivity index (χ4v) is 3.53. The van der Waals surface area contributed by atoms with Crippen molar-refractivity contribution in [2.45, 2.75) is 20.3 Å². The van der Waals surface area contributed by atoms with Crippen LogP contribution in [0.15, 0.2) is 53.0 Å². The predicted molar refractivity (Wildman–Crippen MR) is 114 cm³/mol. The molecule has 0 atom stereocenters. The largest absolute Gasteiger partial charge is 0.366 e. The second-order valence-corrected chi connectivity index (χ2v) is 7.92. The van der Waals surface area contributed by atoms with Crippen molar-refractivity contribution < 1.29 is 9.59 Å². The summed E-state index contributed by atoms with van der Waals surface area (Å²) in [5.41, 5.74) is 8.34. The Hall–Kier alpha value is -2.73. The number of fused-ring (bicyclic) bond motifs is 1. The van der Waals surface area contributed by atoms with Gasteiger partial charge in [0.05, 0.1) is 11.1 Å². The quantitative estimate of drug-likeness (QED) is 0.606. The van der Waals surface area contributed by atoms with Gasteiger partial charge in [0.15, 0.2) is 0 Å². The van der Waals surface area contributed by atoms with Gasteiger partial charge in [-0.3, -0.25) is 9.59 Å². The van der Waals surface area contributed by atoms with Gasteiger partial charge in [-0.25, -0.2) is 4.98 Å². The lowest BCUT2D eigenvalue weighted by Crippen LogP contribution is -2.31. The third-order valence-corrected chi connectivity index (χ3v) is 5.23. The number of primary amides is 1. The molecular formula is C22H22BrN3O2. The lowest BCUT2D eigenvalue weighted by Gasteiger charge is -2.16. The molecule has 0 radical (unpaired) electrons. The molecule has 3 N–H and O–H groups in total. The van der Waals surface area contributed by atoms with Crippen LogP contribution in [0, 0.1) is 5.92 Å². The number of carbonyl (C=O) groups excluding carboxylic acids is 2. The van der Waals surface area contributed by atoms with Gasteiger partial charge in [-0.15, -0.1) is 0 Å². The number of hydrogen-bond acceptors (Lipinski definition) is 3. The van der Waals surface area contributed by atoms with Crippen molar-refractivity contribution in [3.8, 4) is 0 Å². The number of aromatic nitrogens is 1. The number of carbonyl (C=O) groups is 2. The van der Waals surface area contributed by atoms with E-state index in [1.54, 1.807) is 0 Å². The van der Waals surface area contributed by atoms with Crippen LogP contribution in [0.2, 0.25) is 0 Å². The molecule has 0 fully saturated rings. The molecule has 1 heterocycles. The van der Waals surface area contributed by atoms with E-state index in [0.717, 1.165) is 15.4 Å². The van der Waals surface area contributed by atoms with Crippen molar-refractivity contribution in [3.05, 3.63) is 75.4 Å². The predicted octanol–water partition coefficient (Wildman–Crippen LogP) is 4.07. The standard InChI is InChI=1S/C22H22BrN3O2/c1-13(2)12-25-22(28)20-19(21(24)27)16(11-14-7-3-5-9-17(14)23)15-8-4-6-10-18(15)26-20/h3-10,13H,11-12H2,1-2H3,(H2,24,27)(H,25,28). The zero-order valence-corrected chi connectivity index (χ0v) is 17.4. The van der Waals surface area contributed by atoms with Gasteiger partial charge in [0, 0.05) is 22.8 Å². The minimum absolute atomic E-state index is 0.0777. The molecule has 28 heavy (non-hydrogen) atoms.